The monoisotopic (exact) mass is 456 g/mol. The standard InChI is InChI=1S/C30H36N2O2/c1-23(32-21-5-3-4-6-22-32)25-9-7-24(8-10-25)19-20-31-30(33)28-13-11-26(12-14-28)27-15-17-29(34-2)18-16-27/h7-18,23H,3-6,19-22H2,1-2H3,(H,31,33). The van der Waals surface area contributed by atoms with Crippen LogP contribution in [0.1, 0.15) is 60.1 Å². The highest BCUT2D eigenvalue weighted by molar-refractivity contribution is 5.94. The van der Waals surface area contributed by atoms with Crippen LogP contribution in [0, 0.1) is 0 Å². The number of amides is 1. The first-order valence-corrected chi connectivity index (χ1v) is 12.5. The summed E-state index contributed by atoms with van der Waals surface area (Å²) in [4.78, 5) is 15.2. The van der Waals surface area contributed by atoms with Crippen molar-refractivity contribution < 1.29 is 9.53 Å². The minimum atomic E-state index is -0.0345. The molecule has 0 spiro atoms. The molecular formula is C30H36N2O2. The predicted octanol–water partition coefficient (Wildman–Crippen LogP) is 6.27. The molecule has 4 rings (SSSR count). The topological polar surface area (TPSA) is 41.6 Å². The Bertz CT molecular complexity index is 1030. The number of nitrogens with zero attached hydrogens (tertiary/aromatic N) is 1. The fourth-order valence-corrected chi connectivity index (χ4v) is 4.68. The quantitative estimate of drug-likeness (QED) is 0.434. The van der Waals surface area contributed by atoms with E-state index in [0.29, 0.717) is 18.2 Å². The summed E-state index contributed by atoms with van der Waals surface area (Å²) in [5.74, 6) is 0.800. The molecule has 1 atom stereocenters. The Hall–Kier alpha value is -3.11. The average Bonchev–Trinajstić information content (AvgIpc) is 3.18. The van der Waals surface area contributed by atoms with Crippen molar-refractivity contribution >= 4 is 5.91 Å². The van der Waals surface area contributed by atoms with Gasteiger partial charge in [-0.05, 0) is 85.8 Å². The van der Waals surface area contributed by atoms with Crippen LogP contribution in [0.3, 0.4) is 0 Å². The van der Waals surface area contributed by atoms with E-state index in [4.69, 9.17) is 4.74 Å². The second kappa shape index (κ2) is 11.8. The zero-order chi connectivity index (χ0) is 23.8. The second-order valence-corrected chi connectivity index (χ2v) is 9.18. The van der Waals surface area contributed by atoms with Crippen LogP contribution in [0.4, 0.5) is 0 Å². The van der Waals surface area contributed by atoms with Crippen molar-refractivity contribution in [2.24, 2.45) is 0 Å². The zero-order valence-corrected chi connectivity index (χ0v) is 20.4. The molecule has 1 aliphatic rings. The van der Waals surface area contributed by atoms with E-state index in [1.54, 1.807) is 7.11 Å². The number of carbonyl (C=O) groups excluding carboxylic acids is 1. The fourth-order valence-electron chi connectivity index (χ4n) is 4.68. The summed E-state index contributed by atoms with van der Waals surface area (Å²) in [5, 5.41) is 3.05. The molecule has 3 aromatic rings. The number of rotatable bonds is 8. The van der Waals surface area contributed by atoms with Gasteiger partial charge in [-0.3, -0.25) is 9.69 Å². The number of nitrogens with one attached hydrogen (secondary N) is 1. The third-order valence-corrected chi connectivity index (χ3v) is 6.92. The molecule has 1 fully saturated rings. The van der Waals surface area contributed by atoms with Crippen LogP contribution in [0.25, 0.3) is 11.1 Å². The van der Waals surface area contributed by atoms with Gasteiger partial charge in [0.15, 0.2) is 0 Å². The van der Waals surface area contributed by atoms with Crippen LogP contribution in [0.15, 0.2) is 72.8 Å². The van der Waals surface area contributed by atoms with Crippen molar-refractivity contribution in [3.8, 4) is 16.9 Å². The number of likely N-dealkylation sites (tertiary alicyclic amines) is 1. The van der Waals surface area contributed by atoms with Gasteiger partial charge in [0.2, 0.25) is 0 Å². The highest BCUT2D eigenvalue weighted by Gasteiger charge is 2.17. The largest absolute Gasteiger partial charge is 0.497 e. The molecule has 1 saturated heterocycles. The van der Waals surface area contributed by atoms with Crippen LogP contribution < -0.4 is 10.1 Å². The van der Waals surface area contributed by atoms with Crippen molar-refractivity contribution in [1.82, 2.24) is 10.2 Å². The number of benzene rings is 3. The minimum Gasteiger partial charge on any atom is -0.497 e. The van der Waals surface area contributed by atoms with E-state index in [1.807, 2.05) is 48.5 Å². The highest BCUT2D eigenvalue weighted by Crippen LogP contribution is 2.24. The van der Waals surface area contributed by atoms with Gasteiger partial charge in [0.1, 0.15) is 5.75 Å². The number of hydrogen-bond donors (Lipinski definition) is 1. The smallest absolute Gasteiger partial charge is 0.251 e. The lowest BCUT2D eigenvalue weighted by molar-refractivity contribution is 0.0954. The summed E-state index contributed by atoms with van der Waals surface area (Å²) in [6, 6.07) is 25.1. The molecular weight excluding hydrogens is 420 g/mol. The molecule has 4 heteroatoms. The maximum absolute atomic E-state index is 12.6. The lowest BCUT2D eigenvalue weighted by Crippen LogP contribution is -2.28. The van der Waals surface area contributed by atoms with Crippen LogP contribution in [-0.4, -0.2) is 37.6 Å². The lowest BCUT2D eigenvalue weighted by Gasteiger charge is -2.28. The second-order valence-electron chi connectivity index (χ2n) is 9.18. The predicted molar refractivity (Wildman–Crippen MR) is 139 cm³/mol. The number of ether oxygens (including phenoxy) is 1. The molecule has 0 aromatic heterocycles. The van der Waals surface area contributed by atoms with E-state index in [1.165, 1.54) is 49.9 Å². The first-order valence-electron chi connectivity index (χ1n) is 12.5. The fraction of sp³-hybridized carbons (Fsp3) is 0.367. The van der Waals surface area contributed by atoms with E-state index >= 15 is 0 Å². The van der Waals surface area contributed by atoms with Crippen LogP contribution in [-0.2, 0) is 6.42 Å². The van der Waals surface area contributed by atoms with Crippen molar-refractivity contribution in [1.29, 1.82) is 0 Å². The molecule has 1 heterocycles. The Balaban J connectivity index is 1.26. The maximum Gasteiger partial charge on any atom is 0.251 e. The lowest BCUT2D eigenvalue weighted by atomic mass is 10.0. The summed E-state index contributed by atoms with van der Waals surface area (Å²) in [7, 11) is 1.66. The number of carbonyl (C=O) groups is 1. The van der Waals surface area contributed by atoms with E-state index in [-0.39, 0.29) is 5.91 Å². The van der Waals surface area contributed by atoms with Crippen molar-refractivity contribution in [3.05, 3.63) is 89.5 Å². The van der Waals surface area contributed by atoms with Gasteiger partial charge in [-0.15, -0.1) is 0 Å². The third kappa shape index (κ3) is 6.27. The average molecular weight is 457 g/mol. The van der Waals surface area contributed by atoms with Crippen molar-refractivity contribution in [3.63, 3.8) is 0 Å². The molecule has 3 aromatic carbocycles. The van der Waals surface area contributed by atoms with Gasteiger partial charge in [-0.1, -0.05) is 61.4 Å². The SMILES string of the molecule is COc1ccc(-c2ccc(C(=O)NCCc3ccc(C(C)N4CCCCCC4)cc3)cc2)cc1. The molecule has 0 radical (unpaired) electrons. The summed E-state index contributed by atoms with van der Waals surface area (Å²) in [6.45, 7) is 5.35. The summed E-state index contributed by atoms with van der Waals surface area (Å²) < 4.78 is 5.22. The van der Waals surface area contributed by atoms with Crippen molar-refractivity contribution in [2.45, 2.75) is 45.1 Å². The summed E-state index contributed by atoms with van der Waals surface area (Å²) >= 11 is 0. The number of methoxy groups -OCH3 is 1. The van der Waals surface area contributed by atoms with Gasteiger partial charge >= 0.3 is 0 Å². The normalized spacial score (nSPS) is 15.4. The van der Waals surface area contributed by atoms with Crippen LogP contribution in [0.5, 0.6) is 5.75 Å². The Kier molecular flexibility index (Phi) is 8.37. The van der Waals surface area contributed by atoms with E-state index < -0.39 is 0 Å². The van der Waals surface area contributed by atoms with Gasteiger partial charge < -0.3 is 10.1 Å². The Labute approximate surface area is 204 Å². The molecule has 1 N–H and O–H groups in total. The highest BCUT2D eigenvalue weighted by atomic mass is 16.5. The molecule has 1 unspecified atom stereocenters. The maximum atomic E-state index is 12.6. The summed E-state index contributed by atoms with van der Waals surface area (Å²) in [5.41, 5.74) is 5.49. The first-order chi connectivity index (χ1) is 16.6. The molecule has 0 aliphatic carbocycles. The number of hydrogen-bond acceptors (Lipinski definition) is 3. The Morgan fingerprint density at radius 2 is 1.44 bits per heavy atom. The third-order valence-electron chi connectivity index (χ3n) is 6.92. The van der Waals surface area contributed by atoms with Gasteiger partial charge in [0.05, 0.1) is 7.11 Å². The van der Waals surface area contributed by atoms with E-state index in [0.717, 1.165) is 23.3 Å². The molecule has 1 aliphatic heterocycles. The van der Waals surface area contributed by atoms with E-state index in [2.05, 4.69) is 41.4 Å². The van der Waals surface area contributed by atoms with Gasteiger partial charge in [0, 0.05) is 18.2 Å². The van der Waals surface area contributed by atoms with Crippen LogP contribution >= 0.6 is 0 Å². The van der Waals surface area contributed by atoms with Crippen molar-refractivity contribution in [2.75, 3.05) is 26.7 Å². The molecule has 0 bridgehead atoms. The molecule has 34 heavy (non-hydrogen) atoms. The molecule has 4 nitrogen and oxygen atoms in total. The first kappa shape index (κ1) is 24.0. The zero-order valence-electron chi connectivity index (χ0n) is 20.4. The van der Waals surface area contributed by atoms with Gasteiger partial charge in [0.25, 0.3) is 5.91 Å². The Morgan fingerprint density at radius 1 is 0.853 bits per heavy atom. The van der Waals surface area contributed by atoms with Gasteiger partial charge in [-0.2, -0.15) is 0 Å². The van der Waals surface area contributed by atoms with E-state index in [9.17, 15) is 4.79 Å². The van der Waals surface area contributed by atoms with Gasteiger partial charge in [-0.25, -0.2) is 0 Å². The molecule has 178 valence electrons. The Morgan fingerprint density at radius 3 is 2.03 bits per heavy atom. The molecule has 0 saturated carbocycles. The minimum absolute atomic E-state index is 0.0345. The van der Waals surface area contributed by atoms with Crippen LogP contribution in [0.2, 0.25) is 0 Å². The molecule has 1 amide bonds. The summed E-state index contributed by atoms with van der Waals surface area (Å²) in [6.07, 6.45) is 6.17.